The number of fused-ring (bicyclic) bond motifs is 1. The molecule has 1 aliphatic rings. The van der Waals surface area contributed by atoms with Gasteiger partial charge in [-0.15, -0.1) is 11.3 Å². The van der Waals surface area contributed by atoms with Gasteiger partial charge in [-0.05, 0) is 78.9 Å². The molecule has 0 fully saturated rings. The molecule has 2 N–H and O–H groups in total. The number of anilines is 1. The molecule has 0 spiro atoms. The van der Waals surface area contributed by atoms with E-state index in [-0.39, 0.29) is 5.11 Å². The van der Waals surface area contributed by atoms with Crippen molar-refractivity contribution in [2.75, 3.05) is 12.4 Å². The smallest absolute Gasteiger partial charge is 0.257 e. The molecular formula is C26H24ClN3O3S2. The van der Waals surface area contributed by atoms with E-state index in [9.17, 15) is 10.1 Å². The van der Waals surface area contributed by atoms with Gasteiger partial charge >= 0.3 is 0 Å². The lowest BCUT2D eigenvalue weighted by molar-refractivity contribution is 0.0977. The predicted octanol–water partition coefficient (Wildman–Crippen LogP) is 6.11. The number of carbonyl (C=O) groups is 1. The minimum absolute atomic E-state index is 0.139. The third kappa shape index (κ3) is 5.93. The Kier molecular flexibility index (Phi) is 7.91. The average molecular weight is 526 g/mol. The molecule has 9 heteroatoms. The van der Waals surface area contributed by atoms with E-state index in [0.717, 1.165) is 30.4 Å². The molecule has 1 aliphatic carbocycles. The largest absolute Gasteiger partial charge is 0.493 e. The van der Waals surface area contributed by atoms with Gasteiger partial charge in [0.25, 0.3) is 5.91 Å². The number of benzene rings is 2. The third-order valence-corrected chi connectivity index (χ3v) is 7.44. The maximum absolute atomic E-state index is 12.8. The van der Waals surface area contributed by atoms with E-state index in [0.29, 0.717) is 45.2 Å². The fourth-order valence-electron chi connectivity index (χ4n) is 3.94. The van der Waals surface area contributed by atoms with Crippen molar-refractivity contribution in [2.24, 2.45) is 5.92 Å². The number of amides is 1. The molecule has 0 aliphatic heterocycles. The molecule has 0 saturated carbocycles. The lowest BCUT2D eigenvalue weighted by atomic mass is 9.89. The summed E-state index contributed by atoms with van der Waals surface area (Å²) in [5, 5.41) is 16.9. The van der Waals surface area contributed by atoms with Crippen LogP contribution < -0.4 is 20.1 Å². The Hall–Kier alpha value is -3.12. The number of halogens is 1. The molecule has 6 nitrogen and oxygen atoms in total. The summed E-state index contributed by atoms with van der Waals surface area (Å²) in [6, 6.07) is 14.6. The summed E-state index contributed by atoms with van der Waals surface area (Å²) < 4.78 is 11.3. The van der Waals surface area contributed by atoms with Gasteiger partial charge in [-0.25, -0.2) is 0 Å². The summed E-state index contributed by atoms with van der Waals surface area (Å²) in [5.74, 6) is 1.15. The highest BCUT2D eigenvalue weighted by atomic mass is 35.5. The van der Waals surface area contributed by atoms with Gasteiger partial charge in [-0.2, -0.15) is 5.26 Å². The van der Waals surface area contributed by atoms with Crippen molar-refractivity contribution < 1.29 is 14.3 Å². The quantitative estimate of drug-likeness (QED) is 0.378. The Bertz CT molecular complexity index is 1300. The second kappa shape index (κ2) is 11.1. The molecule has 1 heterocycles. The second-order valence-corrected chi connectivity index (χ2v) is 10.3. The van der Waals surface area contributed by atoms with Gasteiger partial charge in [-0.1, -0.05) is 30.7 Å². The summed E-state index contributed by atoms with van der Waals surface area (Å²) in [7, 11) is 1.52. The van der Waals surface area contributed by atoms with Crippen molar-refractivity contribution in [2.45, 2.75) is 32.8 Å². The van der Waals surface area contributed by atoms with E-state index in [1.807, 2.05) is 12.1 Å². The van der Waals surface area contributed by atoms with E-state index in [4.69, 9.17) is 33.3 Å². The van der Waals surface area contributed by atoms with Gasteiger partial charge in [0.05, 0.1) is 12.7 Å². The van der Waals surface area contributed by atoms with Crippen LogP contribution in [0.3, 0.4) is 0 Å². The number of methoxy groups -OCH3 is 1. The van der Waals surface area contributed by atoms with E-state index >= 15 is 0 Å². The first-order valence-corrected chi connectivity index (χ1v) is 12.7. The minimum Gasteiger partial charge on any atom is -0.493 e. The van der Waals surface area contributed by atoms with Gasteiger partial charge in [0.1, 0.15) is 17.7 Å². The molecule has 1 aromatic heterocycles. The lowest BCUT2D eigenvalue weighted by Crippen LogP contribution is -2.34. The van der Waals surface area contributed by atoms with Crippen molar-refractivity contribution in [1.82, 2.24) is 5.32 Å². The van der Waals surface area contributed by atoms with Crippen LogP contribution in [0.1, 0.15) is 45.3 Å². The number of carbonyl (C=O) groups excluding carboxylic acids is 1. The van der Waals surface area contributed by atoms with Crippen LogP contribution in [0, 0.1) is 17.2 Å². The van der Waals surface area contributed by atoms with E-state index in [1.165, 1.54) is 23.3 Å². The summed E-state index contributed by atoms with van der Waals surface area (Å²) in [6.45, 7) is 2.55. The van der Waals surface area contributed by atoms with Crippen LogP contribution in [-0.2, 0) is 19.4 Å². The molecule has 35 heavy (non-hydrogen) atoms. The van der Waals surface area contributed by atoms with Crippen LogP contribution in [-0.4, -0.2) is 18.1 Å². The number of rotatable bonds is 6. The minimum atomic E-state index is -0.390. The van der Waals surface area contributed by atoms with E-state index in [1.54, 1.807) is 30.3 Å². The SMILES string of the molecule is COc1cc(C(=O)NC(=S)Nc2sc3c(c2C#N)CCC(C)C3)ccc1OCc1ccc(Cl)cc1. The number of thiophene rings is 1. The Morgan fingerprint density at radius 3 is 2.74 bits per heavy atom. The Morgan fingerprint density at radius 2 is 2.03 bits per heavy atom. The zero-order valence-corrected chi connectivity index (χ0v) is 21.7. The van der Waals surface area contributed by atoms with Gasteiger partial charge in [0.15, 0.2) is 16.6 Å². The highest BCUT2D eigenvalue weighted by molar-refractivity contribution is 7.80. The maximum Gasteiger partial charge on any atom is 0.257 e. The monoisotopic (exact) mass is 525 g/mol. The van der Waals surface area contributed by atoms with Crippen molar-refractivity contribution in [1.29, 1.82) is 5.26 Å². The van der Waals surface area contributed by atoms with Gasteiger partial charge < -0.3 is 14.8 Å². The first-order chi connectivity index (χ1) is 16.9. The maximum atomic E-state index is 12.8. The number of nitrogens with zero attached hydrogens (tertiary/aromatic N) is 1. The fraction of sp³-hybridized carbons (Fsp3) is 0.269. The first-order valence-electron chi connectivity index (χ1n) is 11.1. The molecule has 0 radical (unpaired) electrons. The van der Waals surface area contributed by atoms with Crippen molar-refractivity contribution in [3.8, 4) is 17.6 Å². The Labute approximate surface area is 218 Å². The zero-order chi connectivity index (χ0) is 24.9. The number of hydrogen-bond acceptors (Lipinski definition) is 6. The Balaban J connectivity index is 1.41. The normalized spacial score (nSPS) is 14.4. The fourth-order valence-corrected chi connectivity index (χ4v) is 5.69. The zero-order valence-electron chi connectivity index (χ0n) is 19.3. The summed E-state index contributed by atoms with van der Waals surface area (Å²) in [4.78, 5) is 14.0. The van der Waals surface area contributed by atoms with Crippen molar-refractivity contribution in [3.05, 3.63) is 74.6 Å². The predicted molar refractivity (Wildman–Crippen MR) is 143 cm³/mol. The molecule has 4 rings (SSSR count). The second-order valence-electron chi connectivity index (χ2n) is 8.36. The highest BCUT2D eigenvalue weighted by Gasteiger charge is 2.24. The molecule has 0 saturated heterocycles. The van der Waals surface area contributed by atoms with Crippen LogP contribution in [0.25, 0.3) is 0 Å². The number of nitrogens with one attached hydrogen (secondary N) is 2. The van der Waals surface area contributed by atoms with Crippen LogP contribution in [0.2, 0.25) is 5.02 Å². The van der Waals surface area contributed by atoms with E-state index < -0.39 is 5.91 Å². The number of thiocarbonyl (C=S) groups is 1. The molecule has 1 amide bonds. The van der Waals surface area contributed by atoms with Gasteiger partial charge in [0.2, 0.25) is 0 Å². The molecular weight excluding hydrogens is 502 g/mol. The summed E-state index contributed by atoms with van der Waals surface area (Å²) >= 11 is 12.8. The lowest BCUT2D eigenvalue weighted by Gasteiger charge is -2.17. The Morgan fingerprint density at radius 1 is 1.26 bits per heavy atom. The molecule has 2 aromatic carbocycles. The van der Waals surface area contributed by atoms with Crippen LogP contribution >= 0.6 is 35.2 Å². The summed E-state index contributed by atoms with van der Waals surface area (Å²) in [6.07, 6.45) is 2.92. The molecule has 180 valence electrons. The number of ether oxygens (including phenoxy) is 2. The number of hydrogen-bond donors (Lipinski definition) is 2. The standard InChI is InChI=1S/C26H24ClN3O3S2/c1-15-3-9-19-20(13-28)25(35-23(19)11-15)30-26(34)29-24(31)17-6-10-21(22(12-17)32-2)33-14-16-4-7-18(27)8-5-16/h4-8,10,12,15H,3,9,11,14H2,1-2H3,(H2,29,30,31,34). The number of nitriles is 1. The van der Waals surface area contributed by atoms with Crippen LogP contribution in [0.15, 0.2) is 42.5 Å². The van der Waals surface area contributed by atoms with Crippen LogP contribution in [0.4, 0.5) is 5.00 Å². The molecule has 1 unspecified atom stereocenters. The van der Waals surface area contributed by atoms with E-state index in [2.05, 4.69) is 23.6 Å². The highest BCUT2D eigenvalue weighted by Crippen LogP contribution is 2.39. The third-order valence-electron chi connectivity index (χ3n) is 5.81. The van der Waals surface area contributed by atoms with Gasteiger partial charge in [0, 0.05) is 15.5 Å². The van der Waals surface area contributed by atoms with Crippen molar-refractivity contribution in [3.63, 3.8) is 0 Å². The molecule has 3 aromatic rings. The summed E-state index contributed by atoms with van der Waals surface area (Å²) in [5.41, 5.74) is 3.05. The molecule has 0 bridgehead atoms. The first kappa shape index (κ1) is 25.0. The van der Waals surface area contributed by atoms with Crippen molar-refractivity contribution >= 4 is 51.2 Å². The van der Waals surface area contributed by atoms with Gasteiger partial charge in [-0.3, -0.25) is 10.1 Å². The van der Waals surface area contributed by atoms with Crippen LogP contribution in [0.5, 0.6) is 11.5 Å². The molecule has 1 atom stereocenters. The topological polar surface area (TPSA) is 83.4 Å². The average Bonchev–Trinajstić information content (AvgIpc) is 3.19.